The van der Waals surface area contributed by atoms with E-state index < -0.39 is 0 Å². The van der Waals surface area contributed by atoms with Crippen molar-refractivity contribution in [1.82, 2.24) is 4.98 Å². The van der Waals surface area contributed by atoms with Crippen molar-refractivity contribution in [3.05, 3.63) is 53.5 Å². The molecule has 0 spiro atoms. The number of fused-ring (bicyclic) bond motifs is 1. The average molecular weight is 325 g/mol. The first-order chi connectivity index (χ1) is 11.8. The molecule has 1 aromatic carbocycles. The third-order valence-electron chi connectivity index (χ3n) is 5.22. The predicted octanol–water partition coefficient (Wildman–Crippen LogP) is 6.35. The molecule has 1 aromatic heterocycles. The summed E-state index contributed by atoms with van der Waals surface area (Å²) in [6.07, 6.45) is 11.7. The topological polar surface area (TPSA) is 12.9 Å². The first-order valence-corrected chi connectivity index (χ1v) is 9.51. The molecule has 0 N–H and O–H groups in total. The van der Waals surface area contributed by atoms with Crippen molar-refractivity contribution >= 4 is 0 Å². The van der Waals surface area contributed by atoms with Crippen LogP contribution >= 0.6 is 0 Å². The van der Waals surface area contributed by atoms with Gasteiger partial charge in [0.1, 0.15) is 5.82 Å². The van der Waals surface area contributed by atoms with Crippen LogP contribution in [0, 0.1) is 11.7 Å². The Balaban J connectivity index is 1.59. The summed E-state index contributed by atoms with van der Waals surface area (Å²) in [5, 5.41) is 0. The Hall–Kier alpha value is -1.70. The molecule has 0 aliphatic heterocycles. The van der Waals surface area contributed by atoms with Crippen LogP contribution in [0.1, 0.15) is 63.1 Å². The van der Waals surface area contributed by atoms with Crippen molar-refractivity contribution < 1.29 is 4.39 Å². The third kappa shape index (κ3) is 4.43. The van der Waals surface area contributed by atoms with E-state index in [9.17, 15) is 4.39 Å². The fourth-order valence-corrected chi connectivity index (χ4v) is 3.75. The maximum absolute atomic E-state index is 13.1. The average Bonchev–Trinajstić information content (AvgIpc) is 2.62. The van der Waals surface area contributed by atoms with Gasteiger partial charge in [-0.15, -0.1) is 0 Å². The molecule has 128 valence electrons. The molecule has 1 heterocycles. The van der Waals surface area contributed by atoms with Crippen molar-refractivity contribution in [2.24, 2.45) is 5.92 Å². The first kappa shape index (κ1) is 17.1. The van der Waals surface area contributed by atoms with Gasteiger partial charge in [-0.05, 0) is 61.1 Å². The van der Waals surface area contributed by atoms with E-state index in [1.54, 1.807) is 0 Å². The summed E-state index contributed by atoms with van der Waals surface area (Å²) in [6.45, 7) is 2.27. The lowest BCUT2D eigenvalue weighted by Gasteiger charge is -2.24. The highest BCUT2D eigenvalue weighted by Gasteiger charge is 2.19. The monoisotopic (exact) mass is 325 g/mol. The summed E-state index contributed by atoms with van der Waals surface area (Å²) in [4.78, 5) is 4.85. The second-order valence-electron chi connectivity index (χ2n) is 7.12. The SMILES string of the molecule is CCCCCCC[C@@H]1CCc2nc(-c3ccc(F)cc3)ccc2C1. The van der Waals surface area contributed by atoms with Crippen LogP contribution in [0.3, 0.4) is 0 Å². The van der Waals surface area contributed by atoms with Gasteiger partial charge in [-0.1, -0.05) is 51.5 Å². The van der Waals surface area contributed by atoms with E-state index in [2.05, 4.69) is 19.1 Å². The highest BCUT2D eigenvalue weighted by atomic mass is 19.1. The Labute approximate surface area is 145 Å². The van der Waals surface area contributed by atoms with Crippen LogP contribution < -0.4 is 0 Å². The number of unbranched alkanes of at least 4 members (excludes halogenated alkanes) is 4. The summed E-state index contributed by atoms with van der Waals surface area (Å²) in [7, 11) is 0. The Kier molecular flexibility index (Phi) is 6.01. The molecule has 0 radical (unpaired) electrons. The van der Waals surface area contributed by atoms with Crippen LogP contribution in [0.4, 0.5) is 4.39 Å². The fraction of sp³-hybridized carbons (Fsp3) is 0.500. The number of hydrogen-bond acceptors (Lipinski definition) is 1. The normalized spacial score (nSPS) is 16.8. The minimum Gasteiger partial charge on any atom is -0.253 e. The summed E-state index contributed by atoms with van der Waals surface area (Å²) < 4.78 is 13.1. The molecular weight excluding hydrogens is 297 g/mol. The van der Waals surface area contributed by atoms with E-state index in [0.717, 1.165) is 23.6 Å². The fourth-order valence-electron chi connectivity index (χ4n) is 3.75. The Morgan fingerprint density at radius 3 is 2.58 bits per heavy atom. The van der Waals surface area contributed by atoms with Crippen LogP contribution in [-0.4, -0.2) is 4.98 Å². The molecule has 3 rings (SSSR count). The number of rotatable bonds is 7. The van der Waals surface area contributed by atoms with Gasteiger partial charge >= 0.3 is 0 Å². The predicted molar refractivity (Wildman–Crippen MR) is 98.5 cm³/mol. The van der Waals surface area contributed by atoms with E-state index >= 15 is 0 Å². The number of nitrogens with zero attached hydrogens (tertiary/aromatic N) is 1. The highest BCUT2D eigenvalue weighted by molar-refractivity contribution is 5.59. The van der Waals surface area contributed by atoms with Gasteiger partial charge in [-0.3, -0.25) is 4.98 Å². The maximum Gasteiger partial charge on any atom is 0.123 e. The van der Waals surface area contributed by atoms with Gasteiger partial charge in [0.25, 0.3) is 0 Å². The number of halogens is 1. The summed E-state index contributed by atoms with van der Waals surface area (Å²) >= 11 is 0. The quantitative estimate of drug-likeness (QED) is 0.540. The molecule has 0 fully saturated rings. The van der Waals surface area contributed by atoms with Gasteiger partial charge in [0.2, 0.25) is 0 Å². The number of hydrogen-bond donors (Lipinski definition) is 0. The van der Waals surface area contributed by atoms with Gasteiger partial charge in [-0.2, -0.15) is 0 Å². The molecule has 1 atom stereocenters. The number of aryl methyl sites for hydroxylation is 1. The molecule has 2 aromatic rings. The van der Waals surface area contributed by atoms with Crippen LogP contribution in [0.2, 0.25) is 0 Å². The lowest BCUT2D eigenvalue weighted by molar-refractivity contribution is 0.401. The van der Waals surface area contributed by atoms with Crippen LogP contribution in [0.25, 0.3) is 11.3 Å². The second-order valence-corrected chi connectivity index (χ2v) is 7.12. The highest BCUT2D eigenvalue weighted by Crippen LogP contribution is 2.30. The molecule has 0 amide bonds. The molecule has 1 aliphatic rings. The summed E-state index contributed by atoms with van der Waals surface area (Å²) in [5.74, 6) is 0.635. The van der Waals surface area contributed by atoms with Crippen molar-refractivity contribution in [2.45, 2.75) is 64.7 Å². The first-order valence-electron chi connectivity index (χ1n) is 9.51. The smallest absolute Gasteiger partial charge is 0.123 e. The third-order valence-corrected chi connectivity index (χ3v) is 5.22. The lowest BCUT2D eigenvalue weighted by Crippen LogP contribution is -2.15. The van der Waals surface area contributed by atoms with Crippen LogP contribution in [0.15, 0.2) is 36.4 Å². The van der Waals surface area contributed by atoms with Crippen molar-refractivity contribution in [3.63, 3.8) is 0 Å². The van der Waals surface area contributed by atoms with Gasteiger partial charge in [0.15, 0.2) is 0 Å². The van der Waals surface area contributed by atoms with Crippen molar-refractivity contribution in [3.8, 4) is 11.3 Å². The van der Waals surface area contributed by atoms with Gasteiger partial charge in [0.05, 0.1) is 5.69 Å². The minimum atomic E-state index is -0.196. The molecule has 0 unspecified atom stereocenters. The van der Waals surface area contributed by atoms with Crippen molar-refractivity contribution in [1.29, 1.82) is 0 Å². The minimum absolute atomic E-state index is 0.196. The zero-order valence-electron chi connectivity index (χ0n) is 14.7. The van der Waals surface area contributed by atoms with E-state index in [4.69, 9.17) is 4.98 Å². The standard InChI is InChI=1S/C22H28FN/c1-2-3-4-5-6-7-17-8-14-22-19(16-17)11-15-21(24-22)18-9-12-20(23)13-10-18/h9-13,15,17H,2-8,14,16H2,1H3/t17-/m1/s1. The van der Waals surface area contributed by atoms with Crippen LogP contribution in [0.5, 0.6) is 0 Å². The van der Waals surface area contributed by atoms with E-state index in [-0.39, 0.29) is 5.82 Å². The van der Waals surface area contributed by atoms with E-state index in [0.29, 0.717) is 0 Å². The molecule has 24 heavy (non-hydrogen) atoms. The lowest BCUT2D eigenvalue weighted by atomic mass is 9.83. The Morgan fingerprint density at radius 1 is 1.00 bits per heavy atom. The number of pyridine rings is 1. The molecule has 0 bridgehead atoms. The van der Waals surface area contributed by atoms with E-state index in [1.807, 2.05) is 12.1 Å². The summed E-state index contributed by atoms with van der Waals surface area (Å²) in [5.41, 5.74) is 4.63. The number of benzene rings is 1. The van der Waals surface area contributed by atoms with Crippen LogP contribution in [-0.2, 0) is 12.8 Å². The molecule has 0 saturated carbocycles. The largest absolute Gasteiger partial charge is 0.253 e. The maximum atomic E-state index is 13.1. The van der Waals surface area contributed by atoms with Crippen molar-refractivity contribution in [2.75, 3.05) is 0 Å². The molecular formula is C22H28FN. The van der Waals surface area contributed by atoms with Gasteiger partial charge in [0, 0.05) is 11.3 Å². The summed E-state index contributed by atoms with van der Waals surface area (Å²) in [6, 6.07) is 11.0. The zero-order chi connectivity index (χ0) is 16.8. The van der Waals surface area contributed by atoms with Gasteiger partial charge in [-0.25, -0.2) is 4.39 Å². The molecule has 0 saturated heterocycles. The zero-order valence-corrected chi connectivity index (χ0v) is 14.7. The Morgan fingerprint density at radius 2 is 1.79 bits per heavy atom. The van der Waals surface area contributed by atoms with E-state index in [1.165, 1.54) is 74.8 Å². The van der Waals surface area contributed by atoms with Gasteiger partial charge < -0.3 is 0 Å². The molecule has 2 heteroatoms. The second kappa shape index (κ2) is 8.41. The Bertz CT molecular complexity index is 648. The molecule has 1 aliphatic carbocycles. The molecule has 1 nitrogen and oxygen atoms in total. The number of aromatic nitrogens is 1.